The lowest BCUT2D eigenvalue weighted by molar-refractivity contribution is -0.345. The summed E-state index contributed by atoms with van der Waals surface area (Å²) in [5.41, 5.74) is 0. The summed E-state index contributed by atoms with van der Waals surface area (Å²) in [4.78, 5) is 17.9. The second-order valence-corrected chi connectivity index (χ2v) is 3.24. The molecule has 0 saturated carbocycles. The maximum Gasteiger partial charge on any atom is 0.376 e. The number of amidine groups is 1. The van der Waals surface area contributed by atoms with Crippen molar-refractivity contribution < 1.29 is 4.92 Å². The Hall–Kier alpha value is -1.26. The molecule has 0 N–H and O–H groups in total. The maximum absolute atomic E-state index is 10.5. The van der Waals surface area contributed by atoms with Gasteiger partial charge in [-0.1, -0.05) is 31.7 Å². The van der Waals surface area contributed by atoms with Crippen LogP contribution in [0, 0.1) is 10.1 Å². The number of aliphatic imine (C=N–C) groups is 2. The van der Waals surface area contributed by atoms with Crippen LogP contribution in [-0.4, -0.2) is 30.1 Å². The molecule has 0 rings (SSSR count). The van der Waals surface area contributed by atoms with E-state index >= 15 is 0 Å². The van der Waals surface area contributed by atoms with Crippen LogP contribution in [0.3, 0.4) is 0 Å². The van der Waals surface area contributed by atoms with E-state index in [9.17, 15) is 10.1 Å². The van der Waals surface area contributed by atoms with Crippen LogP contribution in [0.15, 0.2) is 9.98 Å². The molecule has 0 aromatic heterocycles. The molecule has 5 heteroatoms. The van der Waals surface area contributed by atoms with E-state index in [1.165, 1.54) is 6.21 Å². The van der Waals surface area contributed by atoms with E-state index in [-0.39, 0.29) is 5.84 Å². The first-order chi connectivity index (χ1) is 7.22. The number of unbranched alkanes of at least 4 members (excludes halogenated alkanes) is 2. The van der Waals surface area contributed by atoms with E-state index < -0.39 is 4.92 Å². The van der Waals surface area contributed by atoms with Gasteiger partial charge in [-0.2, -0.15) is 0 Å². The van der Waals surface area contributed by atoms with Crippen LogP contribution in [0.25, 0.3) is 0 Å². The first-order valence-electron chi connectivity index (χ1n) is 5.41. The van der Waals surface area contributed by atoms with Gasteiger partial charge < -0.3 is 10.1 Å². The molecule has 0 saturated heterocycles. The second kappa shape index (κ2) is 9.30. The van der Waals surface area contributed by atoms with Crippen molar-refractivity contribution in [3.63, 3.8) is 0 Å². The van der Waals surface area contributed by atoms with Gasteiger partial charge >= 0.3 is 5.84 Å². The summed E-state index contributed by atoms with van der Waals surface area (Å²) >= 11 is 0. The van der Waals surface area contributed by atoms with Gasteiger partial charge in [0, 0.05) is 6.54 Å². The van der Waals surface area contributed by atoms with Crippen LogP contribution in [0.4, 0.5) is 0 Å². The van der Waals surface area contributed by atoms with Crippen LogP contribution in [-0.2, 0) is 0 Å². The zero-order valence-corrected chi connectivity index (χ0v) is 9.48. The second-order valence-electron chi connectivity index (χ2n) is 3.24. The van der Waals surface area contributed by atoms with E-state index in [0.29, 0.717) is 13.1 Å². The topological polar surface area (TPSA) is 67.9 Å². The SMILES string of the molecule is CCCCN=CC(=NCCCC)[N+](=O)[O-]. The Morgan fingerprint density at radius 3 is 2.40 bits per heavy atom. The molecule has 0 atom stereocenters. The molecule has 5 nitrogen and oxygen atoms in total. The Kier molecular flexibility index (Phi) is 8.52. The number of rotatable bonds is 7. The summed E-state index contributed by atoms with van der Waals surface area (Å²) in [6, 6.07) is 0. The highest BCUT2D eigenvalue weighted by Crippen LogP contribution is 1.90. The molecule has 0 bridgehead atoms. The molecule has 0 unspecified atom stereocenters. The molecule has 0 aliphatic heterocycles. The molecule has 0 amide bonds. The average Bonchev–Trinajstić information content (AvgIpc) is 2.21. The van der Waals surface area contributed by atoms with Gasteiger partial charge in [-0.3, -0.25) is 4.99 Å². The lowest BCUT2D eigenvalue weighted by Crippen LogP contribution is -2.14. The number of hydrogen-bond acceptors (Lipinski definition) is 4. The zero-order chi connectivity index (χ0) is 11.5. The van der Waals surface area contributed by atoms with Gasteiger partial charge in [-0.15, -0.1) is 0 Å². The molecule has 0 aliphatic rings. The summed E-state index contributed by atoms with van der Waals surface area (Å²) < 4.78 is 0. The first kappa shape index (κ1) is 13.7. The van der Waals surface area contributed by atoms with Crippen molar-refractivity contribution in [2.75, 3.05) is 13.1 Å². The molecule has 15 heavy (non-hydrogen) atoms. The number of nitro groups is 1. The summed E-state index contributed by atoms with van der Waals surface area (Å²) in [6.45, 7) is 5.22. The van der Waals surface area contributed by atoms with Crippen molar-refractivity contribution in [2.45, 2.75) is 39.5 Å². The third-order valence-electron chi connectivity index (χ3n) is 1.82. The zero-order valence-electron chi connectivity index (χ0n) is 9.48. The van der Waals surface area contributed by atoms with Crippen LogP contribution in [0.2, 0.25) is 0 Å². The molecule has 0 aromatic carbocycles. The van der Waals surface area contributed by atoms with Crippen LogP contribution in [0.1, 0.15) is 39.5 Å². The quantitative estimate of drug-likeness (QED) is 0.214. The van der Waals surface area contributed by atoms with Crippen molar-refractivity contribution >= 4 is 12.1 Å². The standard InChI is InChI=1S/C10H19N3O2/c1-3-5-7-11-9-10(13(14)15)12-8-6-4-2/h9H,3-8H2,1-2H3. The van der Waals surface area contributed by atoms with Crippen LogP contribution >= 0.6 is 0 Å². The Bertz CT molecular complexity index is 237. The van der Waals surface area contributed by atoms with Crippen molar-refractivity contribution in [3.05, 3.63) is 10.1 Å². The highest BCUT2D eigenvalue weighted by Gasteiger charge is 2.06. The smallest absolute Gasteiger partial charge is 0.358 e. The van der Waals surface area contributed by atoms with Gasteiger partial charge in [0.1, 0.15) is 12.8 Å². The largest absolute Gasteiger partial charge is 0.376 e. The van der Waals surface area contributed by atoms with Crippen molar-refractivity contribution in [3.8, 4) is 0 Å². The highest BCUT2D eigenvalue weighted by atomic mass is 16.6. The highest BCUT2D eigenvalue weighted by molar-refractivity contribution is 6.25. The van der Waals surface area contributed by atoms with Gasteiger partial charge in [0.2, 0.25) is 0 Å². The fraction of sp³-hybridized carbons (Fsp3) is 0.800. The summed E-state index contributed by atoms with van der Waals surface area (Å²) in [6.07, 6.45) is 5.13. The molecule has 0 radical (unpaired) electrons. The monoisotopic (exact) mass is 213 g/mol. The average molecular weight is 213 g/mol. The van der Waals surface area contributed by atoms with E-state index in [2.05, 4.69) is 16.9 Å². The molecule has 0 spiro atoms. The summed E-state index contributed by atoms with van der Waals surface area (Å²) in [5.74, 6) is -0.125. The van der Waals surface area contributed by atoms with Gasteiger partial charge in [-0.25, -0.2) is 0 Å². The van der Waals surface area contributed by atoms with Crippen LogP contribution < -0.4 is 0 Å². The van der Waals surface area contributed by atoms with E-state index in [0.717, 1.165) is 25.7 Å². The molecular formula is C10H19N3O2. The normalized spacial score (nSPS) is 12.3. The Labute approximate surface area is 90.5 Å². The first-order valence-corrected chi connectivity index (χ1v) is 5.41. The predicted molar refractivity (Wildman–Crippen MR) is 62.5 cm³/mol. The number of nitrogens with zero attached hydrogens (tertiary/aromatic N) is 3. The fourth-order valence-electron chi connectivity index (χ4n) is 0.893. The lowest BCUT2D eigenvalue weighted by Gasteiger charge is -1.92. The third-order valence-corrected chi connectivity index (χ3v) is 1.82. The fourth-order valence-corrected chi connectivity index (χ4v) is 0.893. The molecule has 0 aliphatic carbocycles. The summed E-state index contributed by atoms with van der Waals surface area (Å²) in [7, 11) is 0. The Balaban J connectivity index is 4.09. The maximum atomic E-state index is 10.5. The third kappa shape index (κ3) is 7.78. The number of hydrogen-bond donors (Lipinski definition) is 0. The van der Waals surface area contributed by atoms with Crippen molar-refractivity contribution in [1.29, 1.82) is 0 Å². The molecule has 0 fully saturated rings. The Morgan fingerprint density at radius 1 is 1.27 bits per heavy atom. The van der Waals surface area contributed by atoms with E-state index in [4.69, 9.17) is 0 Å². The lowest BCUT2D eigenvalue weighted by atomic mass is 10.3. The Morgan fingerprint density at radius 2 is 1.87 bits per heavy atom. The molecule has 0 aromatic rings. The van der Waals surface area contributed by atoms with Gasteiger partial charge in [0.05, 0.1) is 0 Å². The van der Waals surface area contributed by atoms with Gasteiger partial charge in [0.25, 0.3) is 0 Å². The van der Waals surface area contributed by atoms with Crippen molar-refractivity contribution in [1.82, 2.24) is 0 Å². The molecule has 86 valence electrons. The van der Waals surface area contributed by atoms with E-state index in [1.54, 1.807) is 0 Å². The predicted octanol–water partition coefficient (Wildman–Crippen LogP) is 2.33. The van der Waals surface area contributed by atoms with Gasteiger partial charge in [0.15, 0.2) is 0 Å². The molecule has 0 heterocycles. The van der Waals surface area contributed by atoms with Crippen LogP contribution in [0.5, 0.6) is 0 Å². The van der Waals surface area contributed by atoms with E-state index in [1.807, 2.05) is 6.92 Å². The molecular weight excluding hydrogens is 194 g/mol. The minimum Gasteiger partial charge on any atom is -0.358 e. The minimum atomic E-state index is -0.481. The summed E-state index contributed by atoms with van der Waals surface area (Å²) in [5, 5.41) is 10.5. The van der Waals surface area contributed by atoms with Crippen molar-refractivity contribution in [2.24, 2.45) is 9.98 Å². The van der Waals surface area contributed by atoms with Gasteiger partial charge in [-0.05, 0) is 17.8 Å². The minimum absolute atomic E-state index is 0.125.